The first-order valence-electron chi connectivity index (χ1n) is 5.45. The Bertz CT molecular complexity index is 271. The average molecular weight is 209 g/mol. The number of carbonyl (C=O) groups excluding carboxylic acids is 1. The van der Waals surface area contributed by atoms with Crippen molar-refractivity contribution < 1.29 is 4.79 Å². The first kappa shape index (κ1) is 12.0. The van der Waals surface area contributed by atoms with E-state index in [0.29, 0.717) is 6.42 Å². The molecule has 0 aromatic carbocycles. The number of nitrogens with two attached hydrogens (primary N) is 1. The van der Waals surface area contributed by atoms with E-state index >= 15 is 0 Å². The van der Waals surface area contributed by atoms with Crippen LogP contribution in [0.25, 0.3) is 0 Å². The molecule has 0 spiro atoms. The Morgan fingerprint density at radius 1 is 1.67 bits per heavy atom. The maximum atomic E-state index is 12.0. The highest BCUT2D eigenvalue weighted by atomic mass is 16.2. The number of hydrogen-bond donors (Lipinski definition) is 1. The summed E-state index contributed by atoms with van der Waals surface area (Å²) in [5.74, 6) is 0.219. The van der Waals surface area contributed by atoms with Crippen LogP contribution in [0.15, 0.2) is 0 Å². The smallest absolute Gasteiger partial charge is 0.225 e. The van der Waals surface area contributed by atoms with Gasteiger partial charge in [-0.25, -0.2) is 0 Å². The average Bonchev–Trinajstić information content (AvgIpc) is 2.63. The van der Waals surface area contributed by atoms with Gasteiger partial charge in [0.25, 0.3) is 0 Å². The van der Waals surface area contributed by atoms with E-state index in [1.165, 1.54) is 0 Å². The molecule has 4 nitrogen and oxygen atoms in total. The second kappa shape index (κ2) is 5.13. The Kier molecular flexibility index (Phi) is 4.10. The molecule has 1 fully saturated rings. The molecule has 4 heteroatoms. The summed E-state index contributed by atoms with van der Waals surface area (Å²) in [4.78, 5) is 13.7. The van der Waals surface area contributed by atoms with Gasteiger partial charge in [0.05, 0.1) is 12.5 Å². The zero-order chi connectivity index (χ0) is 11.4. The molecule has 3 atom stereocenters. The van der Waals surface area contributed by atoms with Crippen LogP contribution in [-0.4, -0.2) is 29.9 Å². The molecule has 0 aliphatic heterocycles. The SMILES string of the molecule is CC(CC#N)N(C)C(=O)C1CCC(N)C1. The quantitative estimate of drug-likeness (QED) is 0.750. The molecule has 0 saturated heterocycles. The summed E-state index contributed by atoms with van der Waals surface area (Å²) >= 11 is 0. The molecule has 0 aromatic heterocycles. The Balaban J connectivity index is 2.49. The molecule has 15 heavy (non-hydrogen) atoms. The van der Waals surface area contributed by atoms with E-state index in [0.717, 1.165) is 19.3 Å². The van der Waals surface area contributed by atoms with E-state index in [2.05, 4.69) is 6.07 Å². The topological polar surface area (TPSA) is 70.1 Å². The van der Waals surface area contributed by atoms with Crippen molar-refractivity contribution in [2.24, 2.45) is 11.7 Å². The van der Waals surface area contributed by atoms with Gasteiger partial charge in [-0.05, 0) is 26.2 Å². The van der Waals surface area contributed by atoms with Gasteiger partial charge in [-0.3, -0.25) is 4.79 Å². The third-order valence-corrected chi connectivity index (χ3v) is 3.22. The first-order chi connectivity index (χ1) is 7.06. The highest BCUT2D eigenvalue weighted by molar-refractivity contribution is 5.79. The van der Waals surface area contributed by atoms with Gasteiger partial charge in [0.2, 0.25) is 5.91 Å². The van der Waals surface area contributed by atoms with E-state index in [1.54, 1.807) is 11.9 Å². The molecule has 0 radical (unpaired) electrons. The summed E-state index contributed by atoms with van der Waals surface area (Å²) in [5.41, 5.74) is 5.77. The van der Waals surface area contributed by atoms with E-state index in [9.17, 15) is 4.79 Å². The third kappa shape index (κ3) is 2.93. The van der Waals surface area contributed by atoms with Crippen LogP contribution in [0.5, 0.6) is 0 Å². The Labute approximate surface area is 91.0 Å². The molecule has 84 valence electrons. The minimum atomic E-state index is -0.000625. The maximum absolute atomic E-state index is 12.0. The molecule has 1 rings (SSSR count). The predicted molar refractivity (Wildman–Crippen MR) is 57.8 cm³/mol. The fraction of sp³-hybridized carbons (Fsp3) is 0.818. The van der Waals surface area contributed by atoms with Crippen molar-refractivity contribution in [1.29, 1.82) is 5.26 Å². The lowest BCUT2D eigenvalue weighted by atomic mass is 10.1. The summed E-state index contributed by atoms with van der Waals surface area (Å²) in [7, 11) is 1.77. The molecule has 0 aromatic rings. The number of nitrogens with zero attached hydrogens (tertiary/aromatic N) is 2. The summed E-state index contributed by atoms with van der Waals surface area (Å²) in [6.45, 7) is 1.90. The lowest BCUT2D eigenvalue weighted by Crippen LogP contribution is -2.38. The van der Waals surface area contributed by atoms with E-state index in [-0.39, 0.29) is 23.9 Å². The van der Waals surface area contributed by atoms with Crippen LogP contribution in [0, 0.1) is 17.2 Å². The largest absolute Gasteiger partial charge is 0.342 e. The van der Waals surface area contributed by atoms with Crippen molar-refractivity contribution >= 4 is 5.91 Å². The third-order valence-electron chi connectivity index (χ3n) is 3.22. The number of rotatable bonds is 3. The van der Waals surface area contributed by atoms with Crippen LogP contribution in [0.4, 0.5) is 0 Å². The predicted octanol–water partition coefficient (Wildman–Crippen LogP) is 0.874. The summed E-state index contributed by atoms with van der Waals surface area (Å²) < 4.78 is 0. The van der Waals surface area contributed by atoms with Gasteiger partial charge in [-0.2, -0.15) is 5.26 Å². The fourth-order valence-corrected chi connectivity index (χ4v) is 2.01. The molecule has 1 aliphatic rings. The standard InChI is InChI=1S/C11H19N3O/c1-8(5-6-12)14(2)11(15)9-3-4-10(13)7-9/h8-10H,3-5,7,13H2,1-2H3. The molecule has 1 saturated carbocycles. The number of nitriles is 1. The normalized spacial score (nSPS) is 27.1. The van der Waals surface area contributed by atoms with Crippen molar-refractivity contribution in [2.75, 3.05) is 7.05 Å². The zero-order valence-corrected chi connectivity index (χ0v) is 9.44. The van der Waals surface area contributed by atoms with Gasteiger partial charge < -0.3 is 10.6 Å². The van der Waals surface area contributed by atoms with Crippen LogP contribution >= 0.6 is 0 Å². The van der Waals surface area contributed by atoms with Crippen molar-refractivity contribution in [3.63, 3.8) is 0 Å². The number of hydrogen-bond acceptors (Lipinski definition) is 3. The molecule has 1 aliphatic carbocycles. The van der Waals surface area contributed by atoms with Crippen molar-refractivity contribution in [1.82, 2.24) is 4.90 Å². The van der Waals surface area contributed by atoms with Crippen LogP contribution in [-0.2, 0) is 4.79 Å². The summed E-state index contributed by atoms with van der Waals surface area (Å²) in [6.07, 6.45) is 3.02. The fourth-order valence-electron chi connectivity index (χ4n) is 2.01. The highest BCUT2D eigenvalue weighted by Gasteiger charge is 2.31. The van der Waals surface area contributed by atoms with Gasteiger partial charge in [0.15, 0.2) is 0 Å². The molecular weight excluding hydrogens is 190 g/mol. The minimum absolute atomic E-state index is 0.000625. The maximum Gasteiger partial charge on any atom is 0.225 e. The lowest BCUT2D eigenvalue weighted by molar-refractivity contribution is -0.135. The van der Waals surface area contributed by atoms with Gasteiger partial charge in [-0.1, -0.05) is 0 Å². The molecule has 0 bridgehead atoms. The Hall–Kier alpha value is -1.08. The highest BCUT2D eigenvalue weighted by Crippen LogP contribution is 2.26. The van der Waals surface area contributed by atoms with E-state index in [4.69, 9.17) is 11.0 Å². The van der Waals surface area contributed by atoms with Crippen LogP contribution in [0.1, 0.15) is 32.6 Å². The summed E-state index contributed by atoms with van der Waals surface area (Å²) in [5, 5.41) is 8.57. The van der Waals surface area contributed by atoms with Crippen molar-refractivity contribution in [2.45, 2.75) is 44.7 Å². The van der Waals surface area contributed by atoms with Gasteiger partial charge in [0.1, 0.15) is 0 Å². The van der Waals surface area contributed by atoms with Crippen LogP contribution in [0.2, 0.25) is 0 Å². The molecular formula is C11H19N3O. The lowest BCUT2D eigenvalue weighted by Gasteiger charge is -2.25. The second-order valence-corrected chi connectivity index (χ2v) is 4.43. The van der Waals surface area contributed by atoms with Crippen LogP contribution < -0.4 is 5.73 Å². The minimum Gasteiger partial charge on any atom is -0.342 e. The molecule has 3 unspecified atom stereocenters. The second-order valence-electron chi connectivity index (χ2n) is 4.43. The first-order valence-corrected chi connectivity index (χ1v) is 5.45. The Morgan fingerprint density at radius 2 is 2.33 bits per heavy atom. The Morgan fingerprint density at radius 3 is 2.80 bits per heavy atom. The van der Waals surface area contributed by atoms with Gasteiger partial charge in [-0.15, -0.1) is 0 Å². The van der Waals surface area contributed by atoms with E-state index in [1.807, 2.05) is 6.92 Å². The van der Waals surface area contributed by atoms with Crippen LogP contribution in [0.3, 0.4) is 0 Å². The van der Waals surface area contributed by atoms with Crippen molar-refractivity contribution in [3.05, 3.63) is 0 Å². The molecule has 1 amide bonds. The number of carbonyl (C=O) groups is 1. The van der Waals surface area contributed by atoms with Gasteiger partial charge >= 0.3 is 0 Å². The summed E-state index contributed by atoms with van der Waals surface area (Å²) in [6, 6.07) is 2.26. The zero-order valence-electron chi connectivity index (χ0n) is 9.44. The van der Waals surface area contributed by atoms with Gasteiger partial charge in [0, 0.05) is 25.0 Å². The molecule has 2 N–H and O–H groups in total. The van der Waals surface area contributed by atoms with Crippen molar-refractivity contribution in [3.8, 4) is 6.07 Å². The number of amides is 1. The molecule has 0 heterocycles. The van der Waals surface area contributed by atoms with E-state index < -0.39 is 0 Å². The monoisotopic (exact) mass is 209 g/mol.